The number of hydrogen-bond donors (Lipinski definition) is 0. The molecule has 0 amide bonds. The topological polar surface area (TPSA) is 18.5 Å². The molecule has 0 unspecified atom stereocenters. The highest BCUT2D eigenvalue weighted by molar-refractivity contribution is 9.11. The fourth-order valence-electron chi connectivity index (χ4n) is 2.58. The fraction of sp³-hybridized carbons (Fsp3) is 0.895. The van der Waals surface area contributed by atoms with Gasteiger partial charge in [0.25, 0.3) is 0 Å². The Labute approximate surface area is 161 Å². The van der Waals surface area contributed by atoms with E-state index in [0.29, 0.717) is 12.2 Å². The van der Waals surface area contributed by atoms with Gasteiger partial charge >= 0.3 is 0 Å². The van der Waals surface area contributed by atoms with Crippen molar-refractivity contribution in [2.75, 3.05) is 0 Å². The van der Waals surface area contributed by atoms with E-state index in [1.165, 1.54) is 5.57 Å². The second kappa shape index (κ2) is 7.67. The lowest BCUT2D eigenvalue weighted by Crippen LogP contribution is -2.48. The molecule has 24 heavy (non-hydrogen) atoms. The molecule has 5 heteroatoms. The first-order chi connectivity index (χ1) is 10.6. The van der Waals surface area contributed by atoms with Crippen LogP contribution in [-0.2, 0) is 8.85 Å². The van der Waals surface area contributed by atoms with Gasteiger partial charge in [-0.15, -0.1) is 0 Å². The molecule has 0 N–H and O–H groups in total. The van der Waals surface area contributed by atoms with Gasteiger partial charge in [-0.05, 0) is 60.5 Å². The van der Waals surface area contributed by atoms with Crippen molar-refractivity contribution in [3.05, 3.63) is 10.6 Å². The van der Waals surface area contributed by atoms with Crippen LogP contribution in [0, 0.1) is 0 Å². The molecule has 142 valence electrons. The molecular weight excluding hydrogens is 396 g/mol. The van der Waals surface area contributed by atoms with Gasteiger partial charge in [0.15, 0.2) is 16.6 Å². The maximum atomic E-state index is 6.72. The van der Waals surface area contributed by atoms with E-state index in [4.69, 9.17) is 8.85 Å². The van der Waals surface area contributed by atoms with Crippen molar-refractivity contribution in [1.29, 1.82) is 0 Å². The minimum atomic E-state index is -1.75. The Hall–Kier alpha value is 0.574. The number of hydrogen-bond acceptors (Lipinski definition) is 2. The molecule has 0 aliphatic heterocycles. The van der Waals surface area contributed by atoms with Crippen molar-refractivity contribution in [2.45, 2.75) is 109 Å². The fourth-order valence-corrected chi connectivity index (χ4v) is 5.69. The lowest BCUT2D eigenvalue weighted by Gasteiger charge is -2.45. The number of halogens is 1. The third kappa shape index (κ3) is 5.80. The van der Waals surface area contributed by atoms with Gasteiger partial charge in [-0.3, -0.25) is 0 Å². The molecule has 1 fully saturated rings. The number of rotatable bonds is 4. The molecule has 0 aromatic rings. The second-order valence-electron chi connectivity index (χ2n) is 10.4. The summed E-state index contributed by atoms with van der Waals surface area (Å²) in [6, 6.07) is 0. The van der Waals surface area contributed by atoms with Crippen LogP contribution in [0.25, 0.3) is 0 Å². The first kappa shape index (κ1) is 22.6. The molecule has 0 bridgehead atoms. The van der Waals surface area contributed by atoms with Gasteiger partial charge in [-0.2, -0.15) is 0 Å². The van der Waals surface area contributed by atoms with E-state index in [-0.39, 0.29) is 10.1 Å². The van der Waals surface area contributed by atoms with Crippen molar-refractivity contribution in [3.8, 4) is 0 Å². The Morgan fingerprint density at radius 3 is 1.42 bits per heavy atom. The molecule has 1 saturated carbocycles. The predicted molar refractivity (Wildman–Crippen MR) is 115 cm³/mol. The Bertz CT molecular complexity index is 421. The first-order valence-electron chi connectivity index (χ1n) is 9.23. The highest BCUT2D eigenvalue weighted by atomic mass is 79.9. The zero-order valence-electron chi connectivity index (χ0n) is 17.5. The van der Waals surface area contributed by atoms with Crippen LogP contribution in [0.1, 0.15) is 60.8 Å². The molecule has 1 rings (SSSR count). The SMILES string of the molecule is CC(C)(C)[Si](C)(C)O[C@@H]1CC(=CBr)C[C@@H](O[Si](C)(C)C(C)(C)C)C1. The standard InChI is InChI=1S/C19H39BrO2Si2/c1-18(2,3)23(7,8)21-16-11-15(14-20)12-17(13-16)22-24(9,10)19(4,5)6/h14,16-17H,11-13H2,1-10H3/t16-,17-/m1/s1. The zero-order chi connectivity index (χ0) is 19.0. The van der Waals surface area contributed by atoms with Gasteiger partial charge in [0.2, 0.25) is 0 Å². The van der Waals surface area contributed by atoms with Gasteiger partial charge in [0.1, 0.15) is 0 Å². The minimum Gasteiger partial charge on any atom is -0.414 e. The van der Waals surface area contributed by atoms with Crippen LogP contribution >= 0.6 is 15.9 Å². The minimum absolute atomic E-state index is 0.249. The molecule has 2 atom stereocenters. The Kier molecular flexibility index (Phi) is 7.23. The van der Waals surface area contributed by atoms with E-state index in [9.17, 15) is 0 Å². The van der Waals surface area contributed by atoms with Crippen LogP contribution in [-0.4, -0.2) is 28.8 Å². The smallest absolute Gasteiger partial charge is 0.192 e. The third-order valence-electron chi connectivity index (χ3n) is 6.19. The summed E-state index contributed by atoms with van der Waals surface area (Å²) >= 11 is 3.55. The summed E-state index contributed by atoms with van der Waals surface area (Å²) in [5.41, 5.74) is 1.42. The van der Waals surface area contributed by atoms with E-state index >= 15 is 0 Å². The lowest BCUT2D eigenvalue weighted by atomic mass is 9.91. The molecule has 0 radical (unpaired) electrons. The van der Waals surface area contributed by atoms with Crippen LogP contribution in [0.15, 0.2) is 10.6 Å². The summed E-state index contributed by atoms with van der Waals surface area (Å²) in [6.45, 7) is 23.3. The maximum Gasteiger partial charge on any atom is 0.192 e. The van der Waals surface area contributed by atoms with Crippen molar-refractivity contribution < 1.29 is 8.85 Å². The summed E-state index contributed by atoms with van der Waals surface area (Å²) < 4.78 is 13.4. The average Bonchev–Trinajstić information content (AvgIpc) is 2.34. The Morgan fingerprint density at radius 1 is 0.833 bits per heavy atom. The van der Waals surface area contributed by atoms with Crippen molar-refractivity contribution in [2.24, 2.45) is 0 Å². The van der Waals surface area contributed by atoms with Crippen LogP contribution < -0.4 is 0 Å². The van der Waals surface area contributed by atoms with E-state index in [0.717, 1.165) is 19.3 Å². The maximum absolute atomic E-state index is 6.72. The molecule has 0 aromatic heterocycles. The van der Waals surface area contributed by atoms with Crippen molar-refractivity contribution in [3.63, 3.8) is 0 Å². The van der Waals surface area contributed by atoms with E-state index in [1.54, 1.807) is 0 Å². The van der Waals surface area contributed by atoms with Gasteiger partial charge in [-0.25, -0.2) is 0 Å². The highest BCUT2D eigenvalue weighted by Crippen LogP contribution is 2.42. The highest BCUT2D eigenvalue weighted by Gasteiger charge is 2.43. The Balaban J connectivity index is 2.88. The molecular formula is C19H39BrO2Si2. The predicted octanol–water partition coefficient (Wildman–Crippen LogP) is 7.23. The van der Waals surface area contributed by atoms with Gasteiger partial charge in [0.05, 0.1) is 12.2 Å². The van der Waals surface area contributed by atoms with Crippen LogP contribution in [0.3, 0.4) is 0 Å². The molecule has 0 saturated heterocycles. The van der Waals surface area contributed by atoms with Gasteiger partial charge < -0.3 is 8.85 Å². The summed E-state index contributed by atoms with van der Waals surface area (Å²) in [4.78, 5) is 2.09. The summed E-state index contributed by atoms with van der Waals surface area (Å²) in [5, 5.41) is 0.497. The molecule has 1 aliphatic carbocycles. The average molecular weight is 436 g/mol. The van der Waals surface area contributed by atoms with Crippen molar-refractivity contribution in [1.82, 2.24) is 0 Å². The van der Waals surface area contributed by atoms with Crippen LogP contribution in [0.5, 0.6) is 0 Å². The quantitative estimate of drug-likeness (QED) is 0.434. The summed E-state index contributed by atoms with van der Waals surface area (Å²) in [6.07, 6.45) is 3.68. The molecule has 2 nitrogen and oxygen atoms in total. The molecule has 0 aromatic carbocycles. The molecule has 0 heterocycles. The van der Waals surface area contributed by atoms with E-state index < -0.39 is 16.6 Å². The lowest BCUT2D eigenvalue weighted by molar-refractivity contribution is 0.0727. The zero-order valence-corrected chi connectivity index (χ0v) is 21.1. The van der Waals surface area contributed by atoms with E-state index in [2.05, 4.69) is 88.6 Å². The third-order valence-corrected chi connectivity index (χ3v) is 15.9. The second-order valence-corrected chi connectivity index (χ2v) is 20.4. The summed E-state index contributed by atoms with van der Waals surface area (Å²) in [7, 11) is -3.49. The molecule has 1 aliphatic rings. The van der Waals surface area contributed by atoms with Crippen LogP contribution in [0.4, 0.5) is 0 Å². The summed E-state index contributed by atoms with van der Waals surface area (Å²) in [5.74, 6) is 0. The van der Waals surface area contributed by atoms with Crippen molar-refractivity contribution >= 4 is 32.6 Å². The monoisotopic (exact) mass is 434 g/mol. The van der Waals surface area contributed by atoms with Crippen LogP contribution in [0.2, 0.25) is 36.3 Å². The first-order valence-corrected chi connectivity index (χ1v) is 16.0. The van der Waals surface area contributed by atoms with Gasteiger partial charge in [0, 0.05) is 0 Å². The van der Waals surface area contributed by atoms with E-state index in [1.807, 2.05) is 0 Å². The van der Waals surface area contributed by atoms with Gasteiger partial charge in [-0.1, -0.05) is 63.0 Å². The Morgan fingerprint density at radius 2 is 1.17 bits per heavy atom. The largest absolute Gasteiger partial charge is 0.414 e. The normalized spacial score (nSPS) is 24.2. The molecule has 0 spiro atoms.